The van der Waals surface area contributed by atoms with Crippen LogP contribution < -0.4 is 9.80 Å². The summed E-state index contributed by atoms with van der Waals surface area (Å²) in [5.41, 5.74) is 0.636. The fourth-order valence-electron chi connectivity index (χ4n) is 1.98. The molecule has 0 saturated carbocycles. The molecule has 98 valence electrons. The molecule has 0 radical (unpaired) electrons. The van der Waals surface area contributed by atoms with Crippen molar-refractivity contribution < 1.29 is 14.4 Å². The minimum atomic E-state index is -0.883. The van der Waals surface area contributed by atoms with Gasteiger partial charge < -0.3 is 0 Å². The highest BCUT2D eigenvalue weighted by Crippen LogP contribution is 2.25. The molecule has 1 aliphatic rings. The Labute approximate surface area is 114 Å². The van der Waals surface area contributed by atoms with Gasteiger partial charge in [0.2, 0.25) is 0 Å². The summed E-state index contributed by atoms with van der Waals surface area (Å²) in [7, 11) is 0. The maximum absolute atomic E-state index is 12.3. The Morgan fingerprint density at radius 1 is 0.750 bits per heavy atom. The SMILES string of the molecule is O=C1C(=O)N(c2cccnc2)C(=O)N1c1ccccc1. The van der Waals surface area contributed by atoms with Gasteiger partial charge in [-0.05, 0) is 24.3 Å². The maximum Gasteiger partial charge on any atom is 0.343 e. The van der Waals surface area contributed by atoms with Crippen LogP contribution in [0.25, 0.3) is 0 Å². The topological polar surface area (TPSA) is 70.6 Å². The number of imide groups is 2. The molecule has 1 aromatic heterocycles. The van der Waals surface area contributed by atoms with E-state index < -0.39 is 17.8 Å². The number of amides is 4. The van der Waals surface area contributed by atoms with Gasteiger partial charge in [0.15, 0.2) is 0 Å². The minimum Gasteiger partial charge on any atom is -0.263 e. The van der Waals surface area contributed by atoms with Crippen LogP contribution in [0.5, 0.6) is 0 Å². The van der Waals surface area contributed by atoms with E-state index in [0.717, 1.165) is 9.80 Å². The van der Waals surface area contributed by atoms with E-state index in [2.05, 4.69) is 4.98 Å². The van der Waals surface area contributed by atoms with Gasteiger partial charge in [0, 0.05) is 6.20 Å². The van der Waals surface area contributed by atoms with Crippen LogP contribution in [0.15, 0.2) is 54.9 Å². The Hall–Kier alpha value is -3.02. The molecule has 0 aliphatic carbocycles. The number of pyridine rings is 1. The average molecular weight is 267 g/mol. The van der Waals surface area contributed by atoms with Crippen molar-refractivity contribution in [2.75, 3.05) is 9.80 Å². The summed E-state index contributed by atoms with van der Waals surface area (Å²) in [6, 6.07) is 10.8. The van der Waals surface area contributed by atoms with Crippen molar-refractivity contribution in [2.24, 2.45) is 0 Å². The van der Waals surface area contributed by atoms with Crippen LogP contribution in [0.2, 0.25) is 0 Å². The zero-order chi connectivity index (χ0) is 14.1. The fourth-order valence-corrected chi connectivity index (χ4v) is 1.98. The normalized spacial score (nSPS) is 15.1. The number of nitrogens with zero attached hydrogens (tertiary/aromatic N) is 3. The summed E-state index contributed by atoms with van der Waals surface area (Å²) in [5.74, 6) is -1.75. The lowest BCUT2D eigenvalue weighted by molar-refractivity contribution is -0.133. The highest BCUT2D eigenvalue weighted by Gasteiger charge is 2.46. The van der Waals surface area contributed by atoms with E-state index in [1.54, 1.807) is 42.5 Å². The van der Waals surface area contributed by atoms with Crippen LogP contribution >= 0.6 is 0 Å². The molecule has 1 aromatic carbocycles. The Kier molecular flexibility index (Phi) is 2.76. The number of hydrogen-bond acceptors (Lipinski definition) is 4. The van der Waals surface area contributed by atoms with E-state index >= 15 is 0 Å². The molecule has 0 bridgehead atoms. The van der Waals surface area contributed by atoms with Crippen molar-refractivity contribution in [3.63, 3.8) is 0 Å². The first kappa shape index (κ1) is 12.0. The predicted molar refractivity (Wildman–Crippen MR) is 71.0 cm³/mol. The van der Waals surface area contributed by atoms with Crippen molar-refractivity contribution in [1.82, 2.24) is 4.98 Å². The number of aromatic nitrogens is 1. The largest absolute Gasteiger partial charge is 0.343 e. The van der Waals surface area contributed by atoms with Gasteiger partial charge in [-0.1, -0.05) is 18.2 Å². The smallest absolute Gasteiger partial charge is 0.263 e. The number of carbonyl (C=O) groups excluding carboxylic acids is 3. The molecule has 0 spiro atoms. The minimum absolute atomic E-state index is 0.272. The second kappa shape index (κ2) is 4.58. The van der Waals surface area contributed by atoms with Crippen molar-refractivity contribution in [3.05, 3.63) is 54.9 Å². The first-order valence-electron chi connectivity index (χ1n) is 5.88. The van der Waals surface area contributed by atoms with E-state index in [0.29, 0.717) is 5.69 Å². The van der Waals surface area contributed by atoms with Gasteiger partial charge in [0.05, 0.1) is 17.6 Å². The van der Waals surface area contributed by atoms with E-state index in [-0.39, 0.29) is 5.69 Å². The van der Waals surface area contributed by atoms with Crippen LogP contribution in [0.4, 0.5) is 16.2 Å². The van der Waals surface area contributed by atoms with Gasteiger partial charge in [-0.3, -0.25) is 14.6 Å². The molecule has 0 atom stereocenters. The number of anilines is 2. The lowest BCUT2D eigenvalue weighted by atomic mass is 10.3. The summed E-state index contributed by atoms with van der Waals surface area (Å²) in [6.07, 6.45) is 2.88. The van der Waals surface area contributed by atoms with Crippen molar-refractivity contribution in [2.45, 2.75) is 0 Å². The molecule has 6 heteroatoms. The number of rotatable bonds is 2. The Bertz CT molecular complexity index is 626. The predicted octanol–water partition coefficient (Wildman–Crippen LogP) is 1.58. The standard InChI is InChI=1S/C14H9N3O3/c18-12-13(19)17(11-7-4-8-15-9-11)14(20)16(12)10-5-2-1-3-6-10/h1-9H. The molecule has 1 fully saturated rings. The summed E-state index contributed by atoms with van der Waals surface area (Å²) in [5, 5.41) is 0. The van der Waals surface area contributed by atoms with Gasteiger partial charge in [0.25, 0.3) is 0 Å². The van der Waals surface area contributed by atoms with Gasteiger partial charge in [-0.25, -0.2) is 14.6 Å². The molecule has 2 heterocycles. The van der Waals surface area contributed by atoms with Gasteiger partial charge in [-0.15, -0.1) is 0 Å². The molecule has 1 saturated heterocycles. The molecule has 4 amide bonds. The van der Waals surface area contributed by atoms with Crippen LogP contribution in [-0.4, -0.2) is 22.8 Å². The van der Waals surface area contributed by atoms with Gasteiger partial charge in [0.1, 0.15) is 0 Å². The van der Waals surface area contributed by atoms with Crippen molar-refractivity contribution in [1.29, 1.82) is 0 Å². The molecular formula is C14H9N3O3. The van der Waals surface area contributed by atoms with Crippen LogP contribution in [-0.2, 0) is 9.59 Å². The number of carbonyl (C=O) groups is 3. The zero-order valence-electron chi connectivity index (χ0n) is 10.3. The summed E-state index contributed by atoms with van der Waals surface area (Å²) in [6.45, 7) is 0. The zero-order valence-corrected chi connectivity index (χ0v) is 10.3. The number of para-hydroxylation sites is 1. The van der Waals surface area contributed by atoms with E-state index in [1.165, 1.54) is 12.4 Å². The first-order valence-corrected chi connectivity index (χ1v) is 5.88. The number of urea groups is 1. The number of benzene rings is 1. The van der Waals surface area contributed by atoms with E-state index in [1.807, 2.05) is 0 Å². The quantitative estimate of drug-likeness (QED) is 0.612. The highest BCUT2D eigenvalue weighted by atomic mass is 16.2. The molecule has 20 heavy (non-hydrogen) atoms. The summed E-state index contributed by atoms with van der Waals surface area (Å²) < 4.78 is 0. The second-order valence-electron chi connectivity index (χ2n) is 4.11. The van der Waals surface area contributed by atoms with E-state index in [4.69, 9.17) is 0 Å². The van der Waals surface area contributed by atoms with Crippen molar-refractivity contribution >= 4 is 29.2 Å². The lowest BCUT2D eigenvalue weighted by Gasteiger charge is -2.14. The lowest BCUT2D eigenvalue weighted by Crippen LogP contribution is -2.33. The van der Waals surface area contributed by atoms with Crippen LogP contribution in [0.3, 0.4) is 0 Å². The van der Waals surface area contributed by atoms with Crippen LogP contribution in [0.1, 0.15) is 0 Å². The van der Waals surface area contributed by atoms with Crippen LogP contribution in [0, 0.1) is 0 Å². The monoisotopic (exact) mass is 267 g/mol. The third-order valence-electron chi connectivity index (χ3n) is 2.89. The molecular weight excluding hydrogens is 258 g/mol. The Morgan fingerprint density at radius 2 is 1.35 bits per heavy atom. The molecule has 1 aliphatic heterocycles. The molecule has 0 unspecified atom stereocenters. The highest BCUT2D eigenvalue weighted by molar-refractivity contribution is 6.60. The molecule has 3 rings (SSSR count). The summed E-state index contributed by atoms with van der Waals surface area (Å²) >= 11 is 0. The number of hydrogen-bond donors (Lipinski definition) is 0. The molecule has 6 nitrogen and oxygen atoms in total. The first-order chi connectivity index (χ1) is 9.70. The Morgan fingerprint density at radius 3 is 1.95 bits per heavy atom. The Balaban J connectivity index is 2.03. The fraction of sp³-hybridized carbons (Fsp3) is 0. The second-order valence-corrected chi connectivity index (χ2v) is 4.11. The van der Waals surface area contributed by atoms with Gasteiger partial charge >= 0.3 is 17.8 Å². The summed E-state index contributed by atoms with van der Waals surface area (Å²) in [4.78, 5) is 41.8. The molecule has 2 aromatic rings. The maximum atomic E-state index is 12.3. The molecule has 0 N–H and O–H groups in total. The third kappa shape index (κ3) is 1.74. The van der Waals surface area contributed by atoms with E-state index in [9.17, 15) is 14.4 Å². The third-order valence-corrected chi connectivity index (χ3v) is 2.89. The van der Waals surface area contributed by atoms with Gasteiger partial charge in [-0.2, -0.15) is 0 Å². The average Bonchev–Trinajstić information content (AvgIpc) is 2.71. The van der Waals surface area contributed by atoms with Crippen molar-refractivity contribution in [3.8, 4) is 0 Å².